The predicted molar refractivity (Wildman–Crippen MR) is 100 cm³/mol. The smallest absolute Gasteiger partial charge is 0.231 e. The van der Waals surface area contributed by atoms with E-state index < -0.39 is 0 Å². The van der Waals surface area contributed by atoms with Crippen LogP contribution in [0.25, 0.3) is 6.08 Å². The van der Waals surface area contributed by atoms with Gasteiger partial charge in [-0.05, 0) is 48.4 Å². The number of hydrogen-bond acceptors (Lipinski definition) is 5. The SMILES string of the molecule is C=Cc1cc2c(cc1C1Cc3ccc(OC)c(OC)c3CN1C)OCO2. The molecule has 0 fully saturated rings. The van der Waals surface area contributed by atoms with Crippen molar-refractivity contribution in [3.05, 3.63) is 53.1 Å². The minimum absolute atomic E-state index is 0.225. The molecule has 2 aliphatic rings. The predicted octanol–water partition coefficient (Wildman–Crippen LogP) is 3.80. The molecule has 0 radical (unpaired) electrons. The molecular formula is C21H23NO4. The summed E-state index contributed by atoms with van der Waals surface area (Å²) in [6.07, 6.45) is 2.77. The Morgan fingerprint density at radius 1 is 1.15 bits per heavy atom. The molecular weight excluding hydrogens is 330 g/mol. The van der Waals surface area contributed by atoms with E-state index in [2.05, 4.69) is 30.7 Å². The molecule has 26 heavy (non-hydrogen) atoms. The molecule has 136 valence electrons. The summed E-state index contributed by atoms with van der Waals surface area (Å²) >= 11 is 0. The van der Waals surface area contributed by atoms with Crippen LogP contribution in [0.1, 0.15) is 28.3 Å². The summed E-state index contributed by atoms with van der Waals surface area (Å²) in [4.78, 5) is 2.33. The number of hydrogen-bond donors (Lipinski definition) is 0. The molecule has 2 aromatic carbocycles. The summed E-state index contributed by atoms with van der Waals surface area (Å²) in [5, 5.41) is 0. The molecule has 2 aliphatic heterocycles. The van der Waals surface area contributed by atoms with Crippen LogP contribution in [0.2, 0.25) is 0 Å². The van der Waals surface area contributed by atoms with Gasteiger partial charge >= 0.3 is 0 Å². The summed E-state index contributed by atoms with van der Waals surface area (Å²) in [5.74, 6) is 3.18. The second kappa shape index (κ2) is 6.57. The van der Waals surface area contributed by atoms with Gasteiger partial charge in [-0.3, -0.25) is 4.90 Å². The van der Waals surface area contributed by atoms with Gasteiger partial charge in [0.25, 0.3) is 0 Å². The number of ether oxygens (including phenoxy) is 4. The van der Waals surface area contributed by atoms with Crippen LogP contribution in [-0.2, 0) is 13.0 Å². The first-order chi connectivity index (χ1) is 12.7. The van der Waals surface area contributed by atoms with Crippen molar-refractivity contribution in [2.75, 3.05) is 28.1 Å². The van der Waals surface area contributed by atoms with Crippen LogP contribution < -0.4 is 18.9 Å². The molecule has 5 heteroatoms. The maximum absolute atomic E-state index is 5.62. The van der Waals surface area contributed by atoms with Crippen LogP contribution in [0.5, 0.6) is 23.0 Å². The van der Waals surface area contributed by atoms with E-state index in [1.165, 1.54) is 16.7 Å². The molecule has 5 nitrogen and oxygen atoms in total. The van der Waals surface area contributed by atoms with Gasteiger partial charge in [0.2, 0.25) is 6.79 Å². The maximum Gasteiger partial charge on any atom is 0.231 e. The number of rotatable bonds is 4. The van der Waals surface area contributed by atoms with Crippen molar-refractivity contribution in [1.82, 2.24) is 4.90 Å². The Balaban J connectivity index is 1.76. The number of methoxy groups -OCH3 is 2. The van der Waals surface area contributed by atoms with E-state index in [0.717, 1.165) is 41.5 Å². The number of likely N-dealkylation sites (N-methyl/N-ethyl adjacent to an activating group) is 1. The Hall–Kier alpha value is -2.66. The first-order valence-electron chi connectivity index (χ1n) is 8.65. The number of nitrogens with zero attached hydrogens (tertiary/aromatic N) is 1. The highest BCUT2D eigenvalue weighted by Gasteiger charge is 2.30. The van der Waals surface area contributed by atoms with Crippen LogP contribution in [0.4, 0.5) is 0 Å². The zero-order chi connectivity index (χ0) is 18.3. The first kappa shape index (κ1) is 16.8. The van der Waals surface area contributed by atoms with Crippen LogP contribution in [-0.4, -0.2) is 33.0 Å². The molecule has 0 bridgehead atoms. The fourth-order valence-corrected chi connectivity index (χ4v) is 3.91. The third-order valence-electron chi connectivity index (χ3n) is 5.26. The van der Waals surface area contributed by atoms with Gasteiger partial charge in [0.1, 0.15) is 0 Å². The Morgan fingerprint density at radius 2 is 1.92 bits per heavy atom. The van der Waals surface area contributed by atoms with Gasteiger partial charge < -0.3 is 18.9 Å². The summed E-state index contributed by atoms with van der Waals surface area (Å²) in [6, 6.07) is 8.45. The average Bonchev–Trinajstić information content (AvgIpc) is 3.12. The molecule has 0 amide bonds. The van der Waals surface area contributed by atoms with Gasteiger partial charge in [0.05, 0.1) is 14.2 Å². The Kier molecular flexibility index (Phi) is 4.24. The van der Waals surface area contributed by atoms with Gasteiger partial charge in [-0.15, -0.1) is 0 Å². The van der Waals surface area contributed by atoms with Crippen LogP contribution in [0.15, 0.2) is 30.8 Å². The highest BCUT2D eigenvalue weighted by Crippen LogP contribution is 2.44. The van der Waals surface area contributed by atoms with E-state index in [-0.39, 0.29) is 12.8 Å². The Bertz CT molecular complexity index is 862. The lowest BCUT2D eigenvalue weighted by atomic mass is 9.87. The Morgan fingerprint density at radius 3 is 2.62 bits per heavy atom. The summed E-state index contributed by atoms with van der Waals surface area (Å²) in [7, 11) is 5.49. The third-order valence-corrected chi connectivity index (χ3v) is 5.26. The van der Waals surface area contributed by atoms with Crippen LogP contribution in [0, 0.1) is 0 Å². The van der Waals surface area contributed by atoms with E-state index in [4.69, 9.17) is 18.9 Å². The van der Waals surface area contributed by atoms with Crippen LogP contribution in [0.3, 0.4) is 0 Å². The van der Waals surface area contributed by atoms with Gasteiger partial charge in [-0.25, -0.2) is 0 Å². The van der Waals surface area contributed by atoms with E-state index in [1.807, 2.05) is 18.2 Å². The standard InChI is InChI=1S/C21H23NO4/c1-5-13-9-19-20(26-12-25-19)10-15(13)17-8-14-6-7-18(23-3)21(24-4)16(14)11-22(17)2/h5-7,9-10,17H,1,8,11-12H2,2-4H3. The normalized spacial score (nSPS) is 18.3. The summed E-state index contributed by atoms with van der Waals surface area (Å²) in [6.45, 7) is 5.04. The topological polar surface area (TPSA) is 40.2 Å². The molecule has 2 heterocycles. The average molecular weight is 353 g/mol. The molecule has 0 saturated carbocycles. The van der Waals surface area contributed by atoms with E-state index in [9.17, 15) is 0 Å². The van der Waals surface area contributed by atoms with Gasteiger partial charge in [-0.2, -0.15) is 0 Å². The fourth-order valence-electron chi connectivity index (χ4n) is 3.91. The highest BCUT2D eigenvalue weighted by molar-refractivity contribution is 5.61. The largest absolute Gasteiger partial charge is 0.493 e. The first-order valence-corrected chi connectivity index (χ1v) is 8.65. The number of fused-ring (bicyclic) bond motifs is 2. The molecule has 1 unspecified atom stereocenters. The van der Waals surface area contributed by atoms with Crippen molar-refractivity contribution in [1.29, 1.82) is 0 Å². The van der Waals surface area contributed by atoms with Crippen molar-refractivity contribution in [2.24, 2.45) is 0 Å². The lowest BCUT2D eigenvalue weighted by molar-refractivity contribution is 0.173. The fraction of sp³-hybridized carbons (Fsp3) is 0.333. The quantitative estimate of drug-likeness (QED) is 0.836. The lowest BCUT2D eigenvalue weighted by Gasteiger charge is -2.36. The second-order valence-corrected chi connectivity index (χ2v) is 6.61. The zero-order valence-electron chi connectivity index (χ0n) is 15.4. The van der Waals surface area contributed by atoms with Crippen molar-refractivity contribution in [3.63, 3.8) is 0 Å². The van der Waals surface area contributed by atoms with E-state index in [0.29, 0.717) is 0 Å². The monoisotopic (exact) mass is 353 g/mol. The Labute approximate surface area is 153 Å². The van der Waals surface area contributed by atoms with Crippen molar-refractivity contribution >= 4 is 6.08 Å². The van der Waals surface area contributed by atoms with Crippen LogP contribution >= 0.6 is 0 Å². The maximum atomic E-state index is 5.62. The third kappa shape index (κ3) is 2.59. The van der Waals surface area contributed by atoms with Crippen molar-refractivity contribution in [3.8, 4) is 23.0 Å². The molecule has 4 rings (SSSR count). The molecule has 0 spiro atoms. The van der Waals surface area contributed by atoms with Crippen molar-refractivity contribution < 1.29 is 18.9 Å². The van der Waals surface area contributed by atoms with Gasteiger partial charge in [0.15, 0.2) is 23.0 Å². The van der Waals surface area contributed by atoms with E-state index in [1.54, 1.807) is 14.2 Å². The van der Waals surface area contributed by atoms with Gasteiger partial charge in [-0.1, -0.05) is 18.7 Å². The summed E-state index contributed by atoms with van der Waals surface area (Å²) < 4.78 is 22.2. The molecule has 0 saturated heterocycles. The molecule has 0 aromatic heterocycles. The number of benzene rings is 2. The molecule has 2 aromatic rings. The van der Waals surface area contributed by atoms with Crippen molar-refractivity contribution in [2.45, 2.75) is 19.0 Å². The zero-order valence-corrected chi connectivity index (χ0v) is 15.4. The highest BCUT2D eigenvalue weighted by atomic mass is 16.7. The molecule has 0 aliphatic carbocycles. The lowest BCUT2D eigenvalue weighted by Crippen LogP contribution is -2.31. The van der Waals surface area contributed by atoms with Gasteiger partial charge in [0, 0.05) is 18.2 Å². The second-order valence-electron chi connectivity index (χ2n) is 6.61. The summed E-state index contributed by atoms with van der Waals surface area (Å²) in [5.41, 5.74) is 4.74. The minimum atomic E-state index is 0.225. The minimum Gasteiger partial charge on any atom is -0.493 e. The molecule has 1 atom stereocenters. The van der Waals surface area contributed by atoms with E-state index >= 15 is 0 Å². The molecule has 0 N–H and O–H groups in total.